The van der Waals surface area contributed by atoms with Crippen molar-refractivity contribution in [1.82, 2.24) is 0 Å². The molecule has 0 saturated carbocycles. The van der Waals surface area contributed by atoms with E-state index in [-0.39, 0.29) is 23.0 Å². The molecule has 0 bridgehead atoms. The van der Waals surface area contributed by atoms with Crippen LogP contribution in [0.25, 0.3) is 0 Å². The Morgan fingerprint density at radius 1 is 1.18 bits per heavy atom. The molecule has 0 fully saturated rings. The lowest BCUT2D eigenvalue weighted by Crippen LogP contribution is -2.49. The summed E-state index contributed by atoms with van der Waals surface area (Å²) in [6.07, 6.45) is -0.0756. The van der Waals surface area contributed by atoms with Gasteiger partial charge in [0.15, 0.2) is 8.32 Å². The highest BCUT2D eigenvalue weighted by atomic mass is 28.4. The molecule has 0 unspecified atom stereocenters. The Bertz CT molecular complexity index is 269. The van der Waals surface area contributed by atoms with E-state index in [9.17, 15) is 4.79 Å². The van der Waals surface area contributed by atoms with Gasteiger partial charge in [0.1, 0.15) is 0 Å². The van der Waals surface area contributed by atoms with Gasteiger partial charge in [-0.25, -0.2) is 0 Å². The highest BCUT2D eigenvalue weighted by Crippen LogP contribution is 2.39. The third-order valence-electron chi connectivity index (χ3n) is 3.84. The minimum absolute atomic E-state index is 0.0756. The summed E-state index contributed by atoms with van der Waals surface area (Å²) in [5, 5.41) is 0.150. The van der Waals surface area contributed by atoms with Gasteiger partial charge >= 0.3 is 0 Å². The first-order valence-corrected chi connectivity index (χ1v) is 9.28. The van der Waals surface area contributed by atoms with Crippen molar-refractivity contribution in [1.29, 1.82) is 0 Å². The number of hydrogen-bond acceptors (Lipinski definition) is 2. The highest BCUT2D eigenvalue weighted by Gasteiger charge is 2.41. The molecule has 0 aliphatic rings. The number of rotatable bonds is 5. The van der Waals surface area contributed by atoms with E-state index in [4.69, 9.17) is 10.2 Å². The quantitative estimate of drug-likeness (QED) is 0.771. The van der Waals surface area contributed by atoms with Crippen molar-refractivity contribution in [3.05, 3.63) is 0 Å². The van der Waals surface area contributed by atoms with Crippen LogP contribution in [0.3, 0.4) is 0 Å². The fraction of sp³-hybridized carbons (Fsp3) is 0.923. The average molecular weight is 259 g/mol. The fourth-order valence-corrected chi connectivity index (χ4v) is 3.00. The maximum atomic E-state index is 11.3. The first kappa shape index (κ1) is 16.6. The molecule has 0 aromatic rings. The highest BCUT2D eigenvalue weighted by molar-refractivity contribution is 6.74. The zero-order chi connectivity index (χ0) is 14.0. The van der Waals surface area contributed by atoms with Crippen molar-refractivity contribution < 1.29 is 9.22 Å². The van der Waals surface area contributed by atoms with Crippen molar-refractivity contribution >= 4 is 14.2 Å². The van der Waals surface area contributed by atoms with Crippen molar-refractivity contribution in [3.63, 3.8) is 0 Å². The molecule has 0 saturated heterocycles. The zero-order valence-electron chi connectivity index (χ0n) is 12.6. The lowest BCUT2D eigenvalue weighted by atomic mass is 9.94. The molecule has 3 nitrogen and oxygen atoms in total. The maximum absolute atomic E-state index is 11.3. The minimum Gasteiger partial charge on any atom is -0.413 e. The van der Waals surface area contributed by atoms with Crippen LogP contribution in [0.2, 0.25) is 18.1 Å². The smallest absolute Gasteiger partial charge is 0.222 e. The van der Waals surface area contributed by atoms with E-state index < -0.39 is 8.32 Å². The molecule has 17 heavy (non-hydrogen) atoms. The predicted molar refractivity (Wildman–Crippen MR) is 75.3 cm³/mol. The van der Waals surface area contributed by atoms with Gasteiger partial charge < -0.3 is 10.2 Å². The molecule has 0 aromatic heterocycles. The molecule has 1 amide bonds. The average Bonchev–Trinajstić information content (AvgIpc) is 2.10. The monoisotopic (exact) mass is 259 g/mol. The summed E-state index contributed by atoms with van der Waals surface area (Å²) in [4.78, 5) is 11.3. The first-order chi connectivity index (χ1) is 7.40. The van der Waals surface area contributed by atoms with E-state index in [1.165, 1.54) is 0 Å². The summed E-state index contributed by atoms with van der Waals surface area (Å²) >= 11 is 0. The lowest BCUT2D eigenvalue weighted by molar-refractivity contribution is -0.125. The molecule has 0 aliphatic carbocycles. The normalized spacial score (nSPS) is 17.0. The molecule has 0 aliphatic heterocycles. The van der Waals surface area contributed by atoms with Crippen LogP contribution < -0.4 is 5.73 Å². The van der Waals surface area contributed by atoms with Crippen LogP contribution >= 0.6 is 0 Å². The molecule has 0 radical (unpaired) electrons. The van der Waals surface area contributed by atoms with E-state index >= 15 is 0 Å². The summed E-state index contributed by atoms with van der Waals surface area (Å²) in [6.45, 7) is 17.0. The number of amides is 1. The minimum atomic E-state index is -1.85. The van der Waals surface area contributed by atoms with E-state index in [2.05, 4.69) is 47.7 Å². The molecule has 2 N–H and O–H groups in total. The Morgan fingerprint density at radius 3 is 1.82 bits per heavy atom. The third-order valence-corrected chi connectivity index (χ3v) is 8.31. The van der Waals surface area contributed by atoms with Crippen LogP contribution in [0.4, 0.5) is 0 Å². The van der Waals surface area contributed by atoms with Crippen molar-refractivity contribution in [2.75, 3.05) is 0 Å². The molecule has 0 rings (SSSR count). The van der Waals surface area contributed by atoms with Crippen LogP contribution in [0.1, 0.15) is 41.5 Å². The Morgan fingerprint density at radius 2 is 1.59 bits per heavy atom. The van der Waals surface area contributed by atoms with Crippen molar-refractivity contribution in [2.45, 2.75) is 65.8 Å². The van der Waals surface area contributed by atoms with Crippen molar-refractivity contribution in [2.24, 2.45) is 17.6 Å². The van der Waals surface area contributed by atoms with Crippen LogP contribution in [0.15, 0.2) is 0 Å². The lowest BCUT2D eigenvalue weighted by Gasteiger charge is -2.41. The van der Waals surface area contributed by atoms with Crippen LogP contribution in [0.5, 0.6) is 0 Å². The van der Waals surface area contributed by atoms with Gasteiger partial charge in [-0.05, 0) is 24.1 Å². The fourth-order valence-electron chi connectivity index (χ4n) is 1.49. The third kappa shape index (κ3) is 4.43. The van der Waals surface area contributed by atoms with Gasteiger partial charge in [-0.3, -0.25) is 4.79 Å². The van der Waals surface area contributed by atoms with Gasteiger partial charge in [0.05, 0.1) is 12.0 Å². The number of primary amides is 1. The number of carbonyl (C=O) groups is 1. The van der Waals surface area contributed by atoms with Crippen LogP contribution in [-0.4, -0.2) is 20.3 Å². The summed E-state index contributed by atoms with van der Waals surface area (Å²) in [5.41, 5.74) is 5.40. The molecule has 2 atom stereocenters. The van der Waals surface area contributed by atoms with Crippen molar-refractivity contribution in [3.8, 4) is 0 Å². The summed E-state index contributed by atoms with van der Waals surface area (Å²) in [6, 6.07) is 0. The predicted octanol–water partition coefficient (Wildman–Crippen LogP) is 3.15. The summed E-state index contributed by atoms with van der Waals surface area (Å²) in [7, 11) is -1.85. The molecular formula is C13H29NO2Si. The molecular weight excluding hydrogens is 230 g/mol. The van der Waals surface area contributed by atoms with E-state index in [1.54, 1.807) is 0 Å². The van der Waals surface area contributed by atoms with Gasteiger partial charge in [0, 0.05) is 0 Å². The SMILES string of the molecule is CC(C)[C@H](O[Si](C)(C)C(C)(C)C)[C@@H](C)C(N)=O. The van der Waals surface area contributed by atoms with Gasteiger partial charge in [-0.15, -0.1) is 0 Å². The van der Waals surface area contributed by atoms with Gasteiger partial charge in [-0.1, -0.05) is 41.5 Å². The first-order valence-electron chi connectivity index (χ1n) is 6.37. The second-order valence-electron chi connectivity index (χ2n) is 6.78. The van der Waals surface area contributed by atoms with E-state index in [0.717, 1.165) is 0 Å². The molecule has 102 valence electrons. The number of hydrogen-bond donors (Lipinski definition) is 1. The summed E-state index contributed by atoms with van der Waals surface area (Å²) < 4.78 is 6.32. The number of carbonyl (C=O) groups excluding carboxylic acids is 1. The van der Waals surface area contributed by atoms with Gasteiger partial charge in [-0.2, -0.15) is 0 Å². The Labute approximate surface area is 107 Å². The molecule has 4 heteroatoms. The van der Waals surface area contributed by atoms with Crippen LogP contribution in [-0.2, 0) is 9.22 Å². The second-order valence-corrected chi connectivity index (χ2v) is 11.5. The molecule has 0 spiro atoms. The second kappa shape index (κ2) is 5.53. The maximum Gasteiger partial charge on any atom is 0.222 e. The standard InChI is InChI=1S/C13H29NO2Si/c1-9(2)11(10(3)12(14)15)16-17(7,8)13(4,5)6/h9-11H,1-8H3,(H2,14,15)/t10-,11+/m1/s1. The van der Waals surface area contributed by atoms with E-state index in [0.29, 0.717) is 5.92 Å². The number of nitrogens with two attached hydrogens (primary N) is 1. The van der Waals surface area contributed by atoms with E-state index in [1.807, 2.05) is 6.92 Å². The zero-order valence-corrected chi connectivity index (χ0v) is 13.6. The van der Waals surface area contributed by atoms with Crippen LogP contribution in [0, 0.1) is 11.8 Å². The Balaban J connectivity index is 4.96. The Hall–Kier alpha value is -0.353. The largest absolute Gasteiger partial charge is 0.413 e. The van der Waals surface area contributed by atoms with Gasteiger partial charge in [0.25, 0.3) is 0 Å². The summed E-state index contributed by atoms with van der Waals surface area (Å²) in [5.74, 6) is -0.210. The molecule has 0 heterocycles. The topological polar surface area (TPSA) is 52.3 Å². The molecule has 0 aromatic carbocycles. The Kier molecular flexibility index (Phi) is 5.41. The van der Waals surface area contributed by atoms with Gasteiger partial charge in [0.2, 0.25) is 5.91 Å².